The van der Waals surface area contributed by atoms with Crippen molar-refractivity contribution in [2.24, 2.45) is 0 Å². The van der Waals surface area contributed by atoms with Gasteiger partial charge in [0.1, 0.15) is 6.04 Å². The van der Waals surface area contributed by atoms with E-state index in [1.54, 1.807) is 23.1 Å². The highest BCUT2D eigenvalue weighted by Crippen LogP contribution is 2.30. The van der Waals surface area contributed by atoms with Gasteiger partial charge in [-0.1, -0.05) is 18.7 Å². The van der Waals surface area contributed by atoms with Gasteiger partial charge in [-0.2, -0.15) is 0 Å². The van der Waals surface area contributed by atoms with Crippen LogP contribution in [0.3, 0.4) is 0 Å². The molecule has 4 nitrogen and oxygen atoms in total. The van der Waals surface area contributed by atoms with E-state index in [-0.39, 0.29) is 0 Å². The van der Waals surface area contributed by atoms with E-state index >= 15 is 0 Å². The fourth-order valence-corrected chi connectivity index (χ4v) is 3.15. The number of rotatable bonds is 5. The van der Waals surface area contributed by atoms with Crippen LogP contribution in [0.2, 0.25) is 0 Å². The lowest BCUT2D eigenvalue weighted by Crippen LogP contribution is -2.28. The quantitative estimate of drug-likeness (QED) is 0.824. The highest BCUT2D eigenvalue weighted by atomic mass is 32.2. The molecule has 0 aliphatic rings. The summed E-state index contributed by atoms with van der Waals surface area (Å²) in [5.41, 5.74) is 1.78. The Morgan fingerprint density at radius 1 is 1.61 bits per heavy atom. The summed E-state index contributed by atoms with van der Waals surface area (Å²) in [6.07, 6.45) is 2.54. The third-order valence-corrected chi connectivity index (χ3v) is 4.59. The summed E-state index contributed by atoms with van der Waals surface area (Å²) in [6, 6.07) is 5.20. The van der Waals surface area contributed by atoms with Crippen LogP contribution in [0.1, 0.15) is 13.3 Å². The van der Waals surface area contributed by atoms with Gasteiger partial charge in [0.2, 0.25) is 0 Å². The van der Waals surface area contributed by atoms with Crippen molar-refractivity contribution in [3.05, 3.63) is 18.2 Å². The number of hydrogen-bond donors (Lipinski definition) is 2. The molecule has 2 rings (SSSR count). The Hall–Kier alpha value is -1.27. The number of thiazole rings is 1. The summed E-state index contributed by atoms with van der Waals surface area (Å²) in [5.74, 6) is -0.827. The first-order chi connectivity index (χ1) is 8.63. The number of hydrogen-bond acceptors (Lipinski definition) is 5. The van der Waals surface area contributed by atoms with E-state index in [0.717, 1.165) is 20.2 Å². The molecule has 0 bridgehead atoms. The number of thioether (sulfide) groups is 1. The molecule has 1 unspecified atom stereocenters. The van der Waals surface area contributed by atoms with Crippen LogP contribution in [-0.2, 0) is 4.79 Å². The number of nitrogens with one attached hydrogen (secondary N) is 1. The largest absolute Gasteiger partial charge is 0.480 e. The van der Waals surface area contributed by atoms with Gasteiger partial charge in [0.05, 0.1) is 10.2 Å². The van der Waals surface area contributed by atoms with Crippen molar-refractivity contribution >= 4 is 45.0 Å². The SMILES string of the molecule is CCC(Nc1ccc2nc(SC)sc2c1)C(=O)O. The minimum Gasteiger partial charge on any atom is -0.480 e. The van der Waals surface area contributed by atoms with Crippen LogP contribution < -0.4 is 5.32 Å². The van der Waals surface area contributed by atoms with Crippen molar-refractivity contribution in [2.45, 2.75) is 23.7 Å². The van der Waals surface area contributed by atoms with Crippen LogP contribution >= 0.6 is 23.1 Å². The molecule has 96 valence electrons. The summed E-state index contributed by atoms with van der Waals surface area (Å²) < 4.78 is 2.09. The van der Waals surface area contributed by atoms with Gasteiger partial charge in [-0.3, -0.25) is 0 Å². The molecule has 0 fully saturated rings. The fourth-order valence-electron chi connectivity index (χ4n) is 1.62. The number of fused-ring (bicyclic) bond motifs is 1. The van der Waals surface area contributed by atoms with Gasteiger partial charge < -0.3 is 10.4 Å². The van der Waals surface area contributed by atoms with E-state index in [1.807, 2.05) is 31.4 Å². The lowest BCUT2D eigenvalue weighted by atomic mass is 10.2. The highest BCUT2D eigenvalue weighted by Gasteiger charge is 2.14. The minimum absolute atomic E-state index is 0.546. The van der Waals surface area contributed by atoms with Gasteiger partial charge in [0.15, 0.2) is 4.34 Å². The van der Waals surface area contributed by atoms with Crippen molar-refractivity contribution in [1.82, 2.24) is 4.98 Å². The van der Waals surface area contributed by atoms with Crippen molar-refractivity contribution in [1.29, 1.82) is 0 Å². The molecule has 1 aromatic heterocycles. The average Bonchev–Trinajstić information content (AvgIpc) is 2.77. The maximum atomic E-state index is 11.0. The number of aromatic nitrogens is 1. The fraction of sp³-hybridized carbons (Fsp3) is 0.333. The topological polar surface area (TPSA) is 62.2 Å². The molecule has 0 saturated carbocycles. The Morgan fingerprint density at radius 3 is 3.00 bits per heavy atom. The lowest BCUT2D eigenvalue weighted by molar-refractivity contribution is -0.137. The van der Waals surface area contributed by atoms with E-state index in [2.05, 4.69) is 10.3 Å². The Bertz CT molecular complexity index is 568. The number of anilines is 1. The molecule has 1 atom stereocenters. The number of benzene rings is 1. The molecule has 18 heavy (non-hydrogen) atoms. The maximum absolute atomic E-state index is 11.0. The van der Waals surface area contributed by atoms with Gasteiger partial charge in [0.25, 0.3) is 0 Å². The first kappa shape index (κ1) is 13.2. The smallest absolute Gasteiger partial charge is 0.326 e. The van der Waals surface area contributed by atoms with Crippen molar-refractivity contribution in [3.63, 3.8) is 0 Å². The number of nitrogens with zero attached hydrogens (tertiary/aromatic N) is 1. The Labute approximate surface area is 113 Å². The number of carboxylic acids is 1. The van der Waals surface area contributed by atoms with E-state index in [0.29, 0.717) is 6.42 Å². The van der Waals surface area contributed by atoms with Crippen LogP contribution in [0.25, 0.3) is 10.2 Å². The Kier molecular flexibility index (Phi) is 4.08. The molecule has 1 heterocycles. The lowest BCUT2D eigenvalue weighted by Gasteiger charge is -2.13. The van der Waals surface area contributed by atoms with Crippen molar-refractivity contribution < 1.29 is 9.90 Å². The average molecular weight is 282 g/mol. The van der Waals surface area contributed by atoms with E-state index in [4.69, 9.17) is 5.11 Å². The summed E-state index contributed by atoms with van der Waals surface area (Å²) in [7, 11) is 0. The second kappa shape index (κ2) is 5.58. The van der Waals surface area contributed by atoms with Gasteiger partial charge in [0, 0.05) is 5.69 Å². The first-order valence-electron chi connectivity index (χ1n) is 5.58. The molecule has 0 amide bonds. The van der Waals surface area contributed by atoms with Crippen LogP contribution in [-0.4, -0.2) is 28.4 Å². The monoisotopic (exact) mass is 282 g/mol. The van der Waals surface area contributed by atoms with Gasteiger partial charge in [-0.05, 0) is 30.9 Å². The number of carboxylic acid groups (broad SMARTS) is 1. The highest BCUT2D eigenvalue weighted by molar-refractivity contribution is 8.00. The summed E-state index contributed by atoms with van der Waals surface area (Å²) in [4.78, 5) is 15.4. The molecule has 0 spiro atoms. The van der Waals surface area contributed by atoms with E-state index in [9.17, 15) is 4.79 Å². The second-order valence-corrected chi connectivity index (χ2v) is 5.89. The number of aliphatic carboxylic acids is 1. The van der Waals surface area contributed by atoms with Crippen LogP contribution in [0.15, 0.2) is 22.5 Å². The Morgan fingerprint density at radius 2 is 2.39 bits per heavy atom. The van der Waals surface area contributed by atoms with Gasteiger partial charge in [-0.25, -0.2) is 9.78 Å². The summed E-state index contributed by atoms with van der Waals surface area (Å²) >= 11 is 3.24. The third-order valence-electron chi connectivity index (χ3n) is 2.59. The molecular weight excluding hydrogens is 268 g/mol. The van der Waals surface area contributed by atoms with Gasteiger partial charge in [-0.15, -0.1) is 11.3 Å². The standard InChI is InChI=1S/C12H14N2O2S2/c1-3-8(11(15)16)13-7-4-5-9-10(6-7)18-12(14-9)17-2/h4-6,8,13H,3H2,1-2H3,(H,15,16). The molecule has 1 aromatic carbocycles. The normalized spacial score (nSPS) is 12.6. The maximum Gasteiger partial charge on any atom is 0.326 e. The molecule has 0 aliphatic heterocycles. The minimum atomic E-state index is -0.827. The van der Waals surface area contributed by atoms with Crippen molar-refractivity contribution in [2.75, 3.05) is 11.6 Å². The third kappa shape index (κ3) is 2.76. The summed E-state index contributed by atoms with van der Waals surface area (Å²) in [6.45, 7) is 1.85. The Balaban J connectivity index is 2.26. The van der Waals surface area contributed by atoms with Crippen molar-refractivity contribution in [3.8, 4) is 0 Å². The second-order valence-electron chi connectivity index (χ2n) is 3.81. The molecule has 0 aliphatic carbocycles. The van der Waals surface area contributed by atoms with Crippen LogP contribution in [0, 0.1) is 0 Å². The molecular formula is C12H14N2O2S2. The zero-order chi connectivity index (χ0) is 13.1. The zero-order valence-corrected chi connectivity index (χ0v) is 11.8. The molecule has 2 aromatic rings. The molecule has 0 radical (unpaired) electrons. The van der Waals surface area contributed by atoms with Crippen LogP contribution in [0.4, 0.5) is 5.69 Å². The van der Waals surface area contributed by atoms with Crippen LogP contribution in [0.5, 0.6) is 0 Å². The van der Waals surface area contributed by atoms with E-state index in [1.165, 1.54) is 0 Å². The molecule has 2 N–H and O–H groups in total. The predicted octanol–water partition coefficient (Wildman–Crippen LogP) is 3.29. The van der Waals surface area contributed by atoms with E-state index < -0.39 is 12.0 Å². The number of carbonyl (C=O) groups is 1. The zero-order valence-electron chi connectivity index (χ0n) is 10.1. The summed E-state index contributed by atoms with van der Waals surface area (Å²) in [5, 5.41) is 12.0. The molecule has 0 saturated heterocycles. The molecule has 6 heteroatoms. The predicted molar refractivity (Wildman–Crippen MR) is 76.7 cm³/mol. The van der Waals surface area contributed by atoms with Gasteiger partial charge >= 0.3 is 5.97 Å². The first-order valence-corrected chi connectivity index (χ1v) is 7.62.